The maximum absolute atomic E-state index is 12.5. The average Bonchev–Trinajstić information content (AvgIpc) is 3.37. The van der Waals surface area contributed by atoms with Crippen LogP contribution in [0.1, 0.15) is 16.8 Å². The minimum Gasteiger partial charge on any atom is -0.322 e. The number of hydrogen-bond acceptors (Lipinski definition) is 6. The SMILES string of the molecule is N#CCCNS(=O)(=O)c1ccc(C(=O)Nc2ccc(-c3cn4ccsc4n3)cc2)cc1. The maximum Gasteiger partial charge on any atom is 0.255 e. The quantitative estimate of drug-likeness (QED) is 0.417. The van der Waals surface area contributed by atoms with Crippen molar-refractivity contribution in [3.8, 4) is 17.3 Å². The van der Waals surface area contributed by atoms with Crippen LogP contribution in [-0.2, 0) is 10.0 Å². The zero-order valence-corrected chi connectivity index (χ0v) is 17.8. The van der Waals surface area contributed by atoms with E-state index in [0.717, 1.165) is 16.2 Å². The summed E-state index contributed by atoms with van der Waals surface area (Å²) >= 11 is 1.56. The first-order valence-corrected chi connectivity index (χ1v) is 11.6. The van der Waals surface area contributed by atoms with Gasteiger partial charge < -0.3 is 5.32 Å². The predicted octanol–water partition coefficient (Wildman–Crippen LogP) is 3.51. The number of anilines is 1. The molecular formula is C21H17N5O3S2. The van der Waals surface area contributed by atoms with Gasteiger partial charge in [-0.2, -0.15) is 5.26 Å². The number of fused-ring (bicyclic) bond motifs is 1. The van der Waals surface area contributed by atoms with Crippen molar-refractivity contribution in [2.75, 3.05) is 11.9 Å². The third kappa shape index (κ3) is 4.64. The van der Waals surface area contributed by atoms with Crippen molar-refractivity contribution < 1.29 is 13.2 Å². The lowest BCUT2D eigenvalue weighted by atomic mass is 10.1. The highest BCUT2D eigenvalue weighted by Crippen LogP contribution is 2.23. The lowest BCUT2D eigenvalue weighted by Crippen LogP contribution is -2.24. The van der Waals surface area contributed by atoms with Gasteiger partial charge in [-0.05, 0) is 36.4 Å². The summed E-state index contributed by atoms with van der Waals surface area (Å²) in [6.45, 7) is 0.0359. The van der Waals surface area contributed by atoms with Gasteiger partial charge in [0.15, 0.2) is 4.96 Å². The highest BCUT2D eigenvalue weighted by molar-refractivity contribution is 7.89. The number of carbonyl (C=O) groups is 1. The Kier molecular flexibility index (Phi) is 5.81. The van der Waals surface area contributed by atoms with Crippen molar-refractivity contribution in [2.45, 2.75) is 11.3 Å². The van der Waals surface area contributed by atoms with E-state index in [0.29, 0.717) is 11.3 Å². The molecule has 0 aliphatic carbocycles. The smallest absolute Gasteiger partial charge is 0.255 e. The number of benzene rings is 2. The Balaban J connectivity index is 1.42. The molecule has 4 rings (SSSR count). The molecule has 0 fully saturated rings. The molecule has 156 valence electrons. The monoisotopic (exact) mass is 451 g/mol. The fraction of sp³-hybridized carbons (Fsp3) is 0.0952. The highest BCUT2D eigenvalue weighted by atomic mass is 32.2. The zero-order chi connectivity index (χ0) is 21.8. The largest absolute Gasteiger partial charge is 0.322 e. The molecule has 2 N–H and O–H groups in total. The lowest BCUT2D eigenvalue weighted by molar-refractivity contribution is 0.102. The fourth-order valence-corrected chi connectivity index (χ4v) is 4.64. The first-order chi connectivity index (χ1) is 15.0. The molecule has 8 nitrogen and oxygen atoms in total. The third-order valence-electron chi connectivity index (χ3n) is 4.49. The van der Waals surface area contributed by atoms with Crippen LogP contribution < -0.4 is 10.0 Å². The second-order valence-corrected chi connectivity index (χ2v) is 9.22. The number of rotatable bonds is 7. The van der Waals surface area contributed by atoms with Crippen LogP contribution in [-0.4, -0.2) is 30.3 Å². The Hall–Kier alpha value is -3.52. The van der Waals surface area contributed by atoms with E-state index in [2.05, 4.69) is 15.0 Å². The molecule has 0 bridgehead atoms. The van der Waals surface area contributed by atoms with E-state index in [1.165, 1.54) is 24.3 Å². The maximum atomic E-state index is 12.5. The topological polar surface area (TPSA) is 116 Å². The van der Waals surface area contributed by atoms with Gasteiger partial charge in [-0.3, -0.25) is 9.20 Å². The van der Waals surface area contributed by atoms with Crippen LogP contribution in [0.2, 0.25) is 0 Å². The minimum atomic E-state index is -3.71. The van der Waals surface area contributed by atoms with E-state index in [1.54, 1.807) is 23.5 Å². The number of sulfonamides is 1. The molecule has 0 radical (unpaired) electrons. The van der Waals surface area contributed by atoms with Crippen LogP contribution in [0.4, 0.5) is 5.69 Å². The van der Waals surface area contributed by atoms with Gasteiger partial charge >= 0.3 is 0 Å². The standard InChI is InChI=1S/C21H17N5O3S2/c22-10-1-11-23-31(28,29)18-8-4-16(5-9-18)20(27)24-17-6-2-15(3-7-17)19-14-26-12-13-30-21(26)25-19/h2-9,12-14,23H,1,11H2,(H,24,27). The molecule has 0 unspecified atom stereocenters. The van der Waals surface area contributed by atoms with Crippen LogP contribution in [0, 0.1) is 11.3 Å². The van der Waals surface area contributed by atoms with Crippen molar-refractivity contribution in [1.82, 2.24) is 14.1 Å². The Labute approximate surface area is 182 Å². The van der Waals surface area contributed by atoms with E-state index in [4.69, 9.17) is 5.26 Å². The second kappa shape index (κ2) is 8.69. The fourth-order valence-electron chi connectivity index (χ4n) is 2.90. The molecule has 0 aliphatic rings. The number of nitriles is 1. The van der Waals surface area contributed by atoms with Crippen LogP contribution in [0.25, 0.3) is 16.2 Å². The second-order valence-electron chi connectivity index (χ2n) is 6.58. The van der Waals surface area contributed by atoms with E-state index in [-0.39, 0.29) is 23.8 Å². The van der Waals surface area contributed by atoms with Crippen molar-refractivity contribution in [1.29, 1.82) is 5.26 Å². The molecule has 2 aromatic carbocycles. The van der Waals surface area contributed by atoms with Gasteiger partial charge in [0, 0.05) is 47.6 Å². The van der Waals surface area contributed by atoms with Gasteiger partial charge in [0.05, 0.1) is 16.7 Å². The number of thiazole rings is 1. The van der Waals surface area contributed by atoms with Crippen molar-refractivity contribution in [3.63, 3.8) is 0 Å². The first kappa shape index (κ1) is 20.7. The molecule has 31 heavy (non-hydrogen) atoms. The molecule has 10 heteroatoms. The zero-order valence-electron chi connectivity index (χ0n) is 16.1. The van der Waals surface area contributed by atoms with Gasteiger partial charge in [0.25, 0.3) is 5.91 Å². The summed E-state index contributed by atoms with van der Waals surface area (Å²) in [5, 5.41) is 13.3. The Morgan fingerprint density at radius 3 is 2.55 bits per heavy atom. The molecule has 2 aromatic heterocycles. The third-order valence-corrected chi connectivity index (χ3v) is 6.74. The lowest BCUT2D eigenvalue weighted by Gasteiger charge is -2.08. The number of imidazole rings is 1. The van der Waals surface area contributed by atoms with Crippen LogP contribution in [0.15, 0.2) is 71.2 Å². The minimum absolute atomic E-state index is 0.0336. The summed E-state index contributed by atoms with van der Waals surface area (Å²) in [5.74, 6) is -0.350. The summed E-state index contributed by atoms with van der Waals surface area (Å²) in [5.41, 5.74) is 2.73. The Bertz CT molecular complexity index is 1340. The molecule has 0 atom stereocenters. The van der Waals surface area contributed by atoms with Crippen LogP contribution in [0.5, 0.6) is 0 Å². The summed E-state index contributed by atoms with van der Waals surface area (Å²) in [6, 6.07) is 14.8. The van der Waals surface area contributed by atoms with Crippen molar-refractivity contribution >= 4 is 37.9 Å². The number of carbonyl (C=O) groups excluding carboxylic acids is 1. The number of amides is 1. The molecule has 1 amide bonds. The van der Waals surface area contributed by atoms with Crippen LogP contribution >= 0.6 is 11.3 Å². The summed E-state index contributed by atoms with van der Waals surface area (Å²) < 4.78 is 28.6. The van der Waals surface area contributed by atoms with E-state index >= 15 is 0 Å². The van der Waals surface area contributed by atoms with E-state index in [1.807, 2.05) is 40.4 Å². The van der Waals surface area contributed by atoms with Crippen molar-refractivity contribution in [3.05, 3.63) is 71.9 Å². The normalized spacial score (nSPS) is 11.3. The Morgan fingerprint density at radius 1 is 1.13 bits per heavy atom. The number of hydrogen-bond donors (Lipinski definition) is 2. The van der Waals surface area contributed by atoms with Crippen LogP contribution in [0.3, 0.4) is 0 Å². The molecule has 2 heterocycles. The van der Waals surface area contributed by atoms with E-state index in [9.17, 15) is 13.2 Å². The summed E-state index contributed by atoms with van der Waals surface area (Å²) in [7, 11) is -3.71. The van der Waals surface area contributed by atoms with Crippen molar-refractivity contribution in [2.24, 2.45) is 0 Å². The van der Waals surface area contributed by atoms with Gasteiger partial charge in [0.1, 0.15) is 0 Å². The van der Waals surface area contributed by atoms with Gasteiger partial charge in [-0.25, -0.2) is 18.1 Å². The van der Waals surface area contributed by atoms with Gasteiger partial charge in [-0.15, -0.1) is 11.3 Å². The van der Waals surface area contributed by atoms with Gasteiger partial charge in [0.2, 0.25) is 10.0 Å². The molecule has 0 saturated carbocycles. The number of nitrogens with zero attached hydrogens (tertiary/aromatic N) is 3. The molecule has 0 saturated heterocycles. The highest BCUT2D eigenvalue weighted by Gasteiger charge is 2.14. The number of aromatic nitrogens is 2. The Morgan fingerprint density at radius 2 is 1.87 bits per heavy atom. The molecule has 0 aliphatic heterocycles. The average molecular weight is 452 g/mol. The predicted molar refractivity (Wildman–Crippen MR) is 118 cm³/mol. The summed E-state index contributed by atoms with van der Waals surface area (Å²) in [6.07, 6.45) is 3.98. The summed E-state index contributed by atoms with van der Waals surface area (Å²) in [4.78, 5) is 18.0. The first-order valence-electron chi connectivity index (χ1n) is 9.27. The molecule has 0 spiro atoms. The molecule has 4 aromatic rings. The number of nitrogens with one attached hydrogen (secondary N) is 2. The molecular weight excluding hydrogens is 434 g/mol. The van der Waals surface area contributed by atoms with E-state index < -0.39 is 10.0 Å². The van der Waals surface area contributed by atoms with Gasteiger partial charge in [-0.1, -0.05) is 12.1 Å².